The van der Waals surface area contributed by atoms with E-state index in [4.69, 9.17) is 10.5 Å². The topological polar surface area (TPSA) is 86.8 Å². The fraction of sp³-hybridized carbons (Fsp3) is 0.263. The Morgan fingerprint density at radius 1 is 1.11 bits per heavy atom. The standard InChI is InChI=1S/C19H18FN5O.ClH/c20-15-5-3-7-22-17(15)11-26-18-8-14(12-9-23-19(21)24-10-12)13-4-1-2-6-16(13)25-18;/h3,5,7-10H,1-2,4,6,11H2,(H2,21,23,24);1H. The second kappa shape index (κ2) is 8.26. The van der Waals surface area contributed by atoms with Gasteiger partial charge < -0.3 is 10.5 Å². The molecule has 27 heavy (non-hydrogen) atoms. The first kappa shape index (κ1) is 19.0. The average Bonchev–Trinajstić information content (AvgIpc) is 2.67. The second-order valence-electron chi connectivity index (χ2n) is 6.19. The Kier molecular flexibility index (Phi) is 5.81. The number of hydrogen-bond acceptors (Lipinski definition) is 6. The molecule has 1 aliphatic rings. The van der Waals surface area contributed by atoms with Crippen LogP contribution in [0.1, 0.15) is 29.8 Å². The fourth-order valence-corrected chi connectivity index (χ4v) is 3.15. The maximum atomic E-state index is 13.8. The zero-order valence-electron chi connectivity index (χ0n) is 14.6. The van der Waals surface area contributed by atoms with Crippen LogP contribution in [0.15, 0.2) is 36.8 Å². The summed E-state index contributed by atoms with van der Waals surface area (Å²) in [5, 5.41) is 0. The van der Waals surface area contributed by atoms with E-state index in [1.54, 1.807) is 24.7 Å². The van der Waals surface area contributed by atoms with Gasteiger partial charge in [0, 0.05) is 35.9 Å². The highest BCUT2D eigenvalue weighted by Gasteiger charge is 2.19. The second-order valence-corrected chi connectivity index (χ2v) is 6.19. The van der Waals surface area contributed by atoms with Crippen molar-refractivity contribution in [3.05, 3.63) is 59.6 Å². The molecule has 0 aromatic carbocycles. The number of hydrogen-bond donors (Lipinski definition) is 1. The highest BCUT2D eigenvalue weighted by molar-refractivity contribution is 5.85. The van der Waals surface area contributed by atoms with Crippen molar-refractivity contribution in [3.8, 4) is 17.0 Å². The van der Waals surface area contributed by atoms with E-state index in [2.05, 4.69) is 19.9 Å². The molecular formula is C19H19ClFN5O. The minimum atomic E-state index is -0.391. The van der Waals surface area contributed by atoms with Gasteiger partial charge in [-0.25, -0.2) is 19.3 Å². The summed E-state index contributed by atoms with van der Waals surface area (Å²) in [5.41, 5.74) is 9.92. The van der Waals surface area contributed by atoms with Gasteiger partial charge in [-0.1, -0.05) is 0 Å². The van der Waals surface area contributed by atoms with Crippen LogP contribution in [0.4, 0.5) is 10.3 Å². The molecule has 4 rings (SSSR count). The predicted molar refractivity (Wildman–Crippen MR) is 102 cm³/mol. The number of pyridine rings is 2. The number of aromatic nitrogens is 4. The Bertz CT molecular complexity index is 936. The molecule has 0 saturated carbocycles. The van der Waals surface area contributed by atoms with Crippen molar-refractivity contribution < 1.29 is 9.13 Å². The van der Waals surface area contributed by atoms with Gasteiger partial charge >= 0.3 is 0 Å². The summed E-state index contributed by atoms with van der Waals surface area (Å²) in [7, 11) is 0. The van der Waals surface area contributed by atoms with Crippen molar-refractivity contribution in [3.63, 3.8) is 0 Å². The van der Waals surface area contributed by atoms with E-state index >= 15 is 0 Å². The predicted octanol–water partition coefficient (Wildman–Crippen LogP) is 3.53. The van der Waals surface area contributed by atoms with Crippen LogP contribution in [0.2, 0.25) is 0 Å². The van der Waals surface area contributed by atoms with Crippen LogP contribution >= 0.6 is 12.4 Å². The van der Waals surface area contributed by atoms with Crippen LogP contribution < -0.4 is 10.5 Å². The molecule has 8 heteroatoms. The maximum absolute atomic E-state index is 13.8. The minimum absolute atomic E-state index is 0. The highest BCUT2D eigenvalue weighted by atomic mass is 35.5. The molecule has 0 saturated heterocycles. The summed E-state index contributed by atoms with van der Waals surface area (Å²) in [5.74, 6) is 0.291. The normalized spacial score (nSPS) is 12.8. The molecule has 0 amide bonds. The van der Waals surface area contributed by atoms with Crippen LogP contribution in [-0.4, -0.2) is 19.9 Å². The van der Waals surface area contributed by atoms with Gasteiger partial charge in [0.15, 0.2) is 0 Å². The lowest BCUT2D eigenvalue weighted by atomic mass is 9.90. The first-order valence-electron chi connectivity index (χ1n) is 8.53. The molecule has 0 unspecified atom stereocenters. The molecule has 3 aromatic rings. The molecule has 0 bridgehead atoms. The minimum Gasteiger partial charge on any atom is -0.471 e. The fourth-order valence-electron chi connectivity index (χ4n) is 3.15. The van der Waals surface area contributed by atoms with Crippen molar-refractivity contribution in [2.45, 2.75) is 32.3 Å². The third-order valence-corrected chi connectivity index (χ3v) is 4.45. The van der Waals surface area contributed by atoms with E-state index in [0.717, 1.165) is 42.5 Å². The number of halogens is 2. The van der Waals surface area contributed by atoms with Crippen LogP contribution in [-0.2, 0) is 19.4 Å². The van der Waals surface area contributed by atoms with E-state index in [0.29, 0.717) is 5.88 Å². The Morgan fingerprint density at radius 3 is 2.67 bits per heavy atom. The number of aryl methyl sites for hydroxylation is 1. The summed E-state index contributed by atoms with van der Waals surface area (Å²) in [6.45, 7) is 0.0239. The zero-order valence-corrected chi connectivity index (χ0v) is 15.4. The first-order chi connectivity index (χ1) is 12.7. The molecule has 140 valence electrons. The van der Waals surface area contributed by atoms with Gasteiger partial charge in [0.1, 0.15) is 18.1 Å². The van der Waals surface area contributed by atoms with Gasteiger partial charge in [0.05, 0.1) is 0 Å². The number of nitrogens with zero attached hydrogens (tertiary/aromatic N) is 4. The molecule has 0 spiro atoms. The summed E-state index contributed by atoms with van der Waals surface area (Å²) < 4.78 is 19.5. The molecule has 3 aromatic heterocycles. The monoisotopic (exact) mass is 387 g/mol. The van der Waals surface area contributed by atoms with Gasteiger partial charge in [-0.3, -0.25) is 4.98 Å². The van der Waals surface area contributed by atoms with Crippen LogP contribution in [0.5, 0.6) is 5.88 Å². The van der Waals surface area contributed by atoms with Crippen molar-refractivity contribution in [2.24, 2.45) is 0 Å². The van der Waals surface area contributed by atoms with Crippen molar-refractivity contribution in [2.75, 3.05) is 5.73 Å². The highest BCUT2D eigenvalue weighted by Crippen LogP contribution is 2.33. The lowest BCUT2D eigenvalue weighted by Gasteiger charge is -2.20. The largest absolute Gasteiger partial charge is 0.471 e. The first-order valence-corrected chi connectivity index (χ1v) is 8.53. The lowest BCUT2D eigenvalue weighted by molar-refractivity contribution is 0.281. The summed E-state index contributed by atoms with van der Waals surface area (Å²) >= 11 is 0. The van der Waals surface area contributed by atoms with Gasteiger partial charge in [0.2, 0.25) is 11.8 Å². The Hall–Kier alpha value is -2.80. The molecule has 0 atom stereocenters. The summed E-state index contributed by atoms with van der Waals surface area (Å²) in [6, 6.07) is 4.78. The van der Waals surface area contributed by atoms with Crippen LogP contribution in [0.3, 0.4) is 0 Å². The maximum Gasteiger partial charge on any atom is 0.219 e. The molecule has 1 aliphatic carbocycles. The smallest absolute Gasteiger partial charge is 0.219 e. The number of anilines is 1. The molecule has 3 heterocycles. The number of rotatable bonds is 4. The third-order valence-electron chi connectivity index (χ3n) is 4.45. The van der Waals surface area contributed by atoms with Gasteiger partial charge in [-0.2, -0.15) is 0 Å². The molecule has 2 N–H and O–H groups in total. The van der Waals surface area contributed by atoms with E-state index < -0.39 is 5.82 Å². The summed E-state index contributed by atoms with van der Waals surface area (Å²) in [4.78, 5) is 16.8. The third kappa shape index (κ3) is 4.14. The number of fused-ring (bicyclic) bond motifs is 1. The van der Waals surface area contributed by atoms with E-state index in [9.17, 15) is 4.39 Å². The lowest BCUT2D eigenvalue weighted by Crippen LogP contribution is -2.10. The SMILES string of the molecule is Cl.Nc1ncc(-c2cc(OCc3ncccc3F)nc3c2CCCC3)cn1. The molecule has 0 fully saturated rings. The summed E-state index contributed by atoms with van der Waals surface area (Å²) in [6.07, 6.45) is 9.01. The number of nitrogens with two attached hydrogens (primary N) is 1. The van der Waals surface area contributed by atoms with Crippen molar-refractivity contribution >= 4 is 18.4 Å². The Labute approximate surface area is 162 Å². The molecule has 0 aliphatic heterocycles. The molecular weight excluding hydrogens is 369 g/mol. The molecule has 0 radical (unpaired) electrons. The number of nitrogen functional groups attached to an aromatic ring is 1. The van der Waals surface area contributed by atoms with Gasteiger partial charge in [-0.05, 0) is 48.9 Å². The zero-order chi connectivity index (χ0) is 17.9. The van der Waals surface area contributed by atoms with Crippen LogP contribution in [0, 0.1) is 5.82 Å². The van der Waals surface area contributed by atoms with E-state index in [1.807, 2.05) is 6.07 Å². The van der Waals surface area contributed by atoms with Gasteiger partial charge in [-0.15, -0.1) is 12.4 Å². The Morgan fingerprint density at radius 2 is 1.89 bits per heavy atom. The van der Waals surface area contributed by atoms with E-state index in [-0.39, 0.29) is 30.7 Å². The number of ether oxygens (including phenoxy) is 1. The van der Waals surface area contributed by atoms with Crippen LogP contribution in [0.25, 0.3) is 11.1 Å². The van der Waals surface area contributed by atoms with Crippen molar-refractivity contribution in [1.82, 2.24) is 19.9 Å². The van der Waals surface area contributed by atoms with Gasteiger partial charge in [0.25, 0.3) is 0 Å². The Balaban J connectivity index is 0.00000210. The quantitative estimate of drug-likeness (QED) is 0.736. The average molecular weight is 388 g/mol. The molecule has 6 nitrogen and oxygen atoms in total. The van der Waals surface area contributed by atoms with Crippen molar-refractivity contribution in [1.29, 1.82) is 0 Å². The van der Waals surface area contributed by atoms with E-state index in [1.165, 1.54) is 11.6 Å².